The first-order valence-corrected chi connectivity index (χ1v) is 6.47. The highest BCUT2D eigenvalue weighted by Crippen LogP contribution is 2.09. The van der Waals surface area contributed by atoms with Gasteiger partial charge in [0.1, 0.15) is 6.04 Å². The Morgan fingerprint density at radius 2 is 2.40 bits per heavy atom. The van der Waals surface area contributed by atoms with E-state index in [2.05, 4.69) is 5.32 Å². The van der Waals surface area contributed by atoms with E-state index in [1.165, 1.54) is 17.2 Å². The molecule has 0 spiro atoms. The van der Waals surface area contributed by atoms with Crippen molar-refractivity contribution < 1.29 is 23.8 Å². The number of nitrogens with one attached hydrogen (secondary N) is 1. The third-order valence-corrected chi connectivity index (χ3v) is 3.18. The Balaban J connectivity index is 1.95. The van der Waals surface area contributed by atoms with Crippen LogP contribution in [0.15, 0.2) is 22.8 Å². The van der Waals surface area contributed by atoms with E-state index < -0.39 is 11.9 Å². The fourth-order valence-electron chi connectivity index (χ4n) is 2.08. The van der Waals surface area contributed by atoms with Crippen LogP contribution in [0.3, 0.4) is 0 Å². The molecular weight excluding hydrogens is 264 g/mol. The van der Waals surface area contributed by atoms with E-state index >= 15 is 0 Å². The molecule has 1 fully saturated rings. The molecule has 0 aliphatic carbocycles. The minimum absolute atomic E-state index is 0.158. The Morgan fingerprint density at radius 1 is 1.60 bits per heavy atom. The molecule has 2 unspecified atom stereocenters. The van der Waals surface area contributed by atoms with Gasteiger partial charge in [0.2, 0.25) is 5.91 Å². The van der Waals surface area contributed by atoms with Crippen LogP contribution in [0.4, 0.5) is 0 Å². The number of hydrogen-bond acceptors (Lipinski definition) is 5. The van der Waals surface area contributed by atoms with Crippen LogP contribution in [0.1, 0.15) is 17.5 Å². The summed E-state index contributed by atoms with van der Waals surface area (Å²) in [6, 6.07) is 2.07. The first kappa shape index (κ1) is 14.5. The van der Waals surface area contributed by atoms with Gasteiger partial charge in [0.25, 0.3) is 5.91 Å². The normalized spacial score (nSPS) is 20.5. The summed E-state index contributed by atoms with van der Waals surface area (Å²) in [6.45, 7) is 2.59. The summed E-state index contributed by atoms with van der Waals surface area (Å²) in [4.78, 5) is 25.6. The molecule has 20 heavy (non-hydrogen) atoms. The number of aliphatic hydroxyl groups is 1. The fraction of sp³-hybridized carbons (Fsp3) is 0.538. The van der Waals surface area contributed by atoms with Gasteiger partial charge in [-0.2, -0.15) is 0 Å². The zero-order valence-electron chi connectivity index (χ0n) is 11.2. The van der Waals surface area contributed by atoms with Gasteiger partial charge >= 0.3 is 0 Å². The summed E-state index contributed by atoms with van der Waals surface area (Å²) in [5.74, 6) is -0.526. The molecule has 0 bridgehead atoms. The number of carbonyl (C=O) groups excluding carboxylic acids is 2. The molecule has 1 aromatic heterocycles. The van der Waals surface area contributed by atoms with Gasteiger partial charge in [0.05, 0.1) is 32.1 Å². The van der Waals surface area contributed by atoms with Crippen LogP contribution >= 0.6 is 0 Å². The second kappa shape index (κ2) is 6.53. The molecule has 110 valence electrons. The Kier molecular flexibility index (Phi) is 4.75. The smallest absolute Gasteiger partial charge is 0.287 e. The van der Waals surface area contributed by atoms with Crippen LogP contribution in [-0.4, -0.2) is 60.3 Å². The van der Waals surface area contributed by atoms with Gasteiger partial charge < -0.3 is 24.5 Å². The molecule has 2 N–H and O–H groups in total. The average molecular weight is 282 g/mol. The summed E-state index contributed by atoms with van der Waals surface area (Å²) in [5.41, 5.74) is 0. The summed E-state index contributed by atoms with van der Waals surface area (Å²) in [5, 5.41) is 11.8. The second-order valence-electron chi connectivity index (χ2n) is 4.62. The van der Waals surface area contributed by atoms with Crippen LogP contribution in [0, 0.1) is 0 Å². The van der Waals surface area contributed by atoms with E-state index in [-0.39, 0.29) is 24.3 Å². The molecule has 7 nitrogen and oxygen atoms in total. The van der Waals surface area contributed by atoms with Gasteiger partial charge in [-0.05, 0) is 19.1 Å². The van der Waals surface area contributed by atoms with Crippen molar-refractivity contribution in [3.63, 3.8) is 0 Å². The third-order valence-electron chi connectivity index (χ3n) is 3.18. The van der Waals surface area contributed by atoms with Crippen molar-refractivity contribution in [3.05, 3.63) is 24.2 Å². The lowest BCUT2D eigenvalue weighted by Gasteiger charge is -2.36. The van der Waals surface area contributed by atoms with Crippen molar-refractivity contribution in [1.29, 1.82) is 0 Å². The highest BCUT2D eigenvalue weighted by Gasteiger charge is 2.30. The maximum Gasteiger partial charge on any atom is 0.287 e. The third kappa shape index (κ3) is 3.17. The number of hydrogen-bond donors (Lipinski definition) is 2. The van der Waals surface area contributed by atoms with Crippen molar-refractivity contribution in [2.24, 2.45) is 0 Å². The number of furan rings is 1. The SMILES string of the molecule is CC(NC(=O)c1ccco1)C(=O)N1CCOCC1CO. The molecule has 2 heterocycles. The lowest BCUT2D eigenvalue weighted by atomic mass is 10.2. The Labute approximate surface area is 116 Å². The Hall–Kier alpha value is -1.86. The first-order valence-electron chi connectivity index (χ1n) is 6.47. The highest BCUT2D eigenvalue weighted by atomic mass is 16.5. The number of rotatable bonds is 4. The maximum atomic E-state index is 12.3. The highest BCUT2D eigenvalue weighted by molar-refractivity contribution is 5.95. The monoisotopic (exact) mass is 282 g/mol. The minimum Gasteiger partial charge on any atom is -0.459 e. The fourth-order valence-corrected chi connectivity index (χ4v) is 2.08. The molecule has 0 saturated carbocycles. The second-order valence-corrected chi connectivity index (χ2v) is 4.62. The predicted molar refractivity (Wildman–Crippen MR) is 69.0 cm³/mol. The van der Waals surface area contributed by atoms with Crippen molar-refractivity contribution in [1.82, 2.24) is 10.2 Å². The standard InChI is InChI=1S/C13H18N2O5/c1-9(14-12(17)11-3-2-5-20-11)13(18)15-4-6-19-8-10(15)7-16/h2-3,5,9-10,16H,4,6-8H2,1H3,(H,14,17). The number of morpholine rings is 1. The molecule has 2 amide bonds. The molecule has 0 aromatic carbocycles. The molecule has 7 heteroatoms. The van der Waals surface area contributed by atoms with E-state index in [1.54, 1.807) is 13.0 Å². The van der Waals surface area contributed by atoms with E-state index in [9.17, 15) is 14.7 Å². The van der Waals surface area contributed by atoms with E-state index in [0.29, 0.717) is 19.8 Å². The first-order chi connectivity index (χ1) is 9.63. The molecule has 1 aliphatic heterocycles. The Bertz CT molecular complexity index is 459. The molecule has 0 radical (unpaired) electrons. The predicted octanol–water partition coefficient (Wildman–Crippen LogP) is -0.382. The molecule has 2 atom stereocenters. The van der Waals surface area contributed by atoms with Crippen LogP contribution in [0.2, 0.25) is 0 Å². The number of amides is 2. The van der Waals surface area contributed by atoms with Crippen molar-refractivity contribution in [3.8, 4) is 0 Å². The van der Waals surface area contributed by atoms with Crippen LogP contribution in [0.25, 0.3) is 0 Å². The summed E-state index contributed by atoms with van der Waals surface area (Å²) >= 11 is 0. The number of carbonyl (C=O) groups is 2. The summed E-state index contributed by atoms with van der Waals surface area (Å²) < 4.78 is 10.2. The molecule has 2 rings (SSSR count). The van der Waals surface area contributed by atoms with Crippen LogP contribution in [0.5, 0.6) is 0 Å². The van der Waals surface area contributed by atoms with E-state index in [4.69, 9.17) is 9.15 Å². The van der Waals surface area contributed by atoms with Gasteiger partial charge in [-0.1, -0.05) is 0 Å². The number of ether oxygens (including phenoxy) is 1. The van der Waals surface area contributed by atoms with Crippen molar-refractivity contribution in [2.75, 3.05) is 26.4 Å². The molecule has 1 aromatic rings. The van der Waals surface area contributed by atoms with Crippen molar-refractivity contribution in [2.45, 2.75) is 19.0 Å². The zero-order chi connectivity index (χ0) is 14.5. The maximum absolute atomic E-state index is 12.3. The zero-order valence-corrected chi connectivity index (χ0v) is 11.2. The van der Waals surface area contributed by atoms with Crippen LogP contribution < -0.4 is 5.32 Å². The van der Waals surface area contributed by atoms with E-state index in [1.807, 2.05) is 0 Å². The Morgan fingerprint density at radius 3 is 3.05 bits per heavy atom. The molecule has 1 aliphatic rings. The number of nitrogens with zero attached hydrogens (tertiary/aromatic N) is 1. The van der Waals surface area contributed by atoms with E-state index in [0.717, 1.165) is 0 Å². The van der Waals surface area contributed by atoms with Gasteiger partial charge in [-0.15, -0.1) is 0 Å². The average Bonchev–Trinajstić information content (AvgIpc) is 3.00. The topological polar surface area (TPSA) is 92.0 Å². The lowest BCUT2D eigenvalue weighted by molar-refractivity contribution is -0.143. The van der Waals surface area contributed by atoms with Gasteiger partial charge in [-0.3, -0.25) is 9.59 Å². The lowest BCUT2D eigenvalue weighted by Crippen LogP contribution is -2.56. The van der Waals surface area contributed by atoms with Crippen molar-refractivity contribution >= 4 is 11.8 Å². The van der Waals surface area contributed by atoms with Gasteiger partial charge in [-0.25, -0.2) is 0 Å². The van der Waals surface area contributed by atoms with Gasteiger partial charge in [0, 0.05) is 6.54 Å². The number of aliphatic hydroxyl groups excluding tert-OH is 1. The minimum atomic E-state index is -0.695. The summed E-state index contributed by atoms with van der Waals surface area (Å²) in [7, 11) is 0. The largest absolute Gasteiger partial charge is 0.459 e. The van der Waals surface area contributed by atoms with Gasteiger partial charge in [0.15, 0.2) is 5.76 Å². The van der Waals surface area contributed by atoms with Crippen LogP contribution in [-0.2, 0) is 9.53 Å². The molecule has 1 saturated heterocycles. The summed E-state index contributed by atoms with van der Waals surface area (Å²) in [6.07, 6.45) is 1.39. The quantitative estimate of drug-likeness (QED) is 0.785. The molecular formula is C13H18N2O5.